The number of aliphatic imine (C=N–C) groups is 1. The summed E-state index contributed by atoms with van der Waals surface area (Å²) in [6.07, 6.45) is 3.11. The predicted molar refractivity (Wildman–Crippen MR) is 59.3 cm³/mol. The fourth-order valence-corrected chi connectivity index (χ4v) is 0.905. The molecule has 14 heavy (non-hydrogen) atoms. The van der Waals surface area contributed by atoms with Gasteiger partial charge in [0.25, 0.3) is 0 Å². The van der Waals surface area contributed by atoms with Crippen molar-refractivity contribution in [1.29, 1.82) is 0 Å². The quantitative estimate of drug-likeness (QED) is 0.241. The van der Waals surface area contributed by atoms with Crippen LogP contribution in [0.4, 0.5) is 0 Å². The van der Waals surface area contributed by atoms with Gasteiger partial charge in [-0.25, -0.2) is 0 Å². The standard InChI is InChI=1S/C11H23N2.Cu/c1-8-13(11(5,6)7)9-12-10(2,3)4;/h8H2,1-7H3;/q-1;+1. The summed E-state index contributed by atoms with van der Waals surface area (Å²) in [6, 6.07) is 0. The van der Waals surface area contributed by atoms with Crippen molar-refractivity contribution in [2.45, 2.75) is 59.5 Å². The molecule has 0 aromatic heterocycles. The van der Waals surface area contributed by atoms with E-state index in [-0.39, 0.29) is 28.1 Å². The van der Waals surface area contributed by atoms with E-state index in [9.17, 15) is 0 Å². The molecule has 0 bridgehead atoms. The molecule has 0 radical (unpaired) electrons. The maximum absolute atomic E-state index is 4.37. The molecule has 0 saturated heterocycles. The van der Waals surface area contributed by atoms with Crippen LogP contribution in [0, 0.1) is 0 Å². The van der Waals surface area contributed by atoms with Crippen LogP contribution in [0.15, 0.2) is 4.99 Å². The molecule has 0 aliphatic heterocycles. The average Bonchev–Trinajstić information content (AvgIpc) is 1.82. The summed E-state index contributed by atoms with van der Waals surface area (Å²) in [6.45, 7) is 15.8. The van der Waals surface area contributed by atoms with Crippen molar-refractivity contribution >= 4 is 6.34 Å². The molecule has 0 atom stereocenters. The van der Waals surface area contributed by atoms with Crippen LogP contribution in [0.25, 0.3) is 0 Å². The van der Waals surface area contributed by atoms with Gasteiger partial charge in [-0.1, -0.05) is 6.92 Å². The molecule has 0 spiro atoms. The average molecular weight is 247 g/mol. The van der Waals surface area contributed by atoms with E-state index in [0.717, 1.165) is 6.54 Å². The molecule has 0 rings (SSSR count). The van der Waals surface area contributed by atoms with Crippen molar-refractivity contribution in [2.75, 3.05) is 6.54 Å². The maximum atomic E-state index is 4.37. The molecule has 3 heteroatoms. The summed E-state index contributed by atoms with van der Waals surface area (Å²) >= 11 is 0. The first-order valence-corrected chi connectivity index (χ1v) is 4.92. The molecule has 0 aromatic rings. The molecular formula is C11H23CuN2. The minimum atomic E-state index is -0.0291. The Bertz CT molecular complexity index is 175. The molecule has 2 nitrogen and oxygen atoms in total. The van der Waals surface area contributed by atoms with Crippen molar-refractivity contribution in [1.82, 2.24) is 4.90 Å². The Morgan fingerprint density at radius 2 is 1.50 bits per heavy atom. The summed E-state index contributed by atoms with van der Waals surface area (Å²) in [5.74, 6) is 0. The zero-order chi connectivity index (χ0) is 10.7. The Balaban J connectivity index is 0. The van der Waals surface area contributed by atoms with Gasteiger partial charge in [0.15, 0.2) is 0 Å². The predicted octanol–water partition coefficient (Wildman–Crippen LogP) is 2.81. The van der Waals surface area contributed by atoms with Crippen LogP contribution in [0.3, 0.4) is 0 Å². The minimum absolute atomic E-state index is 0. The van der Waals surface area contributed by atoms with Gasteiger partial charge in [-0.3, -0.25) is 6.34 Å². The first-order valence-electron chi connectivity index (χ1n) is 4.92. The molecule has 0 saturated carbocycles. The van der Waals surface area contributed by atoms with Crippen molar-refractivity contribution in [3.8, 4) is 0 Å². The molecule has 0 aliphatic rings. The number of hydrogen-bond donors (Lipinski definition) is 0. The van der Waals surface area contributed by atoms with Gasteiger partial charge >= 0.3 is 17.1 Å². The Morgan fingerprint density at radius 1 is 1.07 bits per heavy atom. The Hall–Kier alpha value is -0.0105. The van der Waals surface area contributed by atoms with Crippen molar-refractivity contribution in [3.05, 3.63) is 0 Å². The van der Waals surface area contributed by atoms with Crippen LogP contribution in [0.1, 0.15) is 48.5 Å². The van der Waals surface area contributed by atoms with E-state index >= 15 is 0 Å². The van der Waals surface area contributed by atoms with E-state index in [0.29, 0.717) is 0 Å². The maximum Gasteiger partial charge on any atom is 1.00 e. The van der Waals surface area contributed by atoms with E-state index in [4.69, 9.17) is 0 Å². The van der Waals surface area contributed by atoms with Gasteiger partial charge in [-0.15, -0.1) is 0 Å². The Labute approximate surface area is 99.6 Å². The zero-order valence-corrected chi connectivity index (χ0v) is 11.3. The van der Waals surface area contributed by atoms with Gasteiger partial charge in [-0.2, -0.15) is 0 Å². The summed E-state index contributed by atoms with van der Waals surface area (Å²) in [5.41, 5.74) is 0.0855. The Morgan fingerprint density at radius 3 is 1.71 bits per heavy atom. The fourth-order valence-electron chi connectivity index (χ4n) is 0.905. The van der Waals surface area contributed by atoms with E-state index in [1.165, 1.54) is 0 Å². The van der Waals surface area contributed by atoms with Gasteiger partial charge < -0.3 is 9.89 Å². The van der Waals surface area contributed by atoms with E-state index in [1.807, 2.05) is 0 Å². The summed E-state index contributed by atoms with van der Waals surface area (Å²) in [7, 11) is 0. The summed E-state index contributed by atoms with van der Waals surface area (Å²) in [5, 5.41) is 0. The van der Waals surface area contributed by atoms with Gasteiger partial charge in [0.2, 0.25) is 0 Å². The molecule has 0 amide bonds. The molecule has 0 N–H and O–H groups in total. The van der Waals surface area contributed by atoms with E-state index in [2.05, 4.69) is 64.7 Å². The van der Waals surface area contributed by atoms with Gasteiger partial charge in [-0.05, 0) is 48.1 Å². The fraction of sp³-hybridized carbons (Fsp3) is 0.909. The number of rotatable bonds is 2. The van der Waals surface area contributed by atoms with E-state index < -0.39 is 0 Å². The topological polar surface area (TPSA) is 15.6 Å². The zero-order valence-electron chi connectivity index (χ0n) is 10.4. The smallest absolute Gasteiger partial charge is 0.533 e. The normalized spacial score (nSPS) is 12.8. The minimum Gasteiger partial charge on any atom is -0.533 e. The molecule has 0 fully saturated rings. The second kappa shape index (κ2) is 5.77. The van der Waals surface area contributed by atoms with Crippen LogP contribution in [0.2, 0.25) is 0 Å². The van der Waals surface area contributed by atoms with Crippen molar-refractivity contribution in [2.24, 2.45) is 4.99 Å². The summed E-state index contributed by atoms with van der Waals surface area (Å²) in [4.78, 5) is 6.49. The largest absolute Gasteiger partial charge is 1.00 e. The molecule has 0 aliphatic carbocycles. The third kappa shape index (κ3) is 7.40. The second-order valence-corrected chi connectivity index (χ2v) is 5.30. The van der Waals surface area contributed by atoms with Crippen LogP contribution >= 0.6 is 0 Å². The first-order chi connectivity index (χ1) is 5.67. The second-order valence-electron chi connectivity index (χ2n) is 5.30. The van der Waals surface area contributed by atoms with Gasteiger partial charge in [0, 0.05) is 11.1 Å². The number of nitrogens with zero attached hydrogens (tertiary/aromatic N) is 2. The molecule has 0 heterocycles. The Kier molecular flexibility index (Phi) is 6.77. The first kappa shape index (κ1) is 16.4. The molecule has 0 aromatic carbocycles. The number of hydrogen-bond acceptors (Lipinski definition) is 1. The SMILES string of the molecule is CCN([C-]=NC(C)(C)C)C(C)(C)C.[Cu+]. The van der Waals surface area contributed by atoms with Gasteiger partial charge in [0.05, 0.1) is 0 Å². The van der Waals surface area contributed by atoms with Crippen LogP contribution in [-0.2, 0) is 17.1 Å². The van der Waals surface area contributed by atoms with Crippen LogP contribution in [-0.4, -0.2) is 28.9 Å². The van der Waals surface area contributed by atoms with Crippen LogP contribution < -0.4 is 0 Å². The molecule has 0 unspecified atom stereocenters. The van der Waals surface area contributed by atoms with Gasteiger partial charge in [0.1, 0.15) is 0 Å². The van der Waals surface area contributed by atoms with Crippen molar-refractivity contribution < 1.29 is 17.1 Å². The third-order valence-corrected chi connectivity index (χ3v) is 1.63. The molecule has 88 valence electrons. The van der Waals surface area contributed by atoms with Crippen LogP contribution in [0.5, 0.6) is 0 Å². The van der Waals surface area contributed by atoms with Crippen molar-refractivity contribution in [3.63, 3.8) is 0 Å². The third-order valence-electron chi connectivity index (χ3n) is 1.63. The van der Waals surface area contributed by atoms with E-state index in [1.54, 1.807) is 0 Å². The monoisotopic (exact) mass is 246 g/mol. The summed E-state index contributed by atoms with van der Waals surface area (Å²) < 4.78 is 0. The molecular weight excluding hydrogens is 224 g/mol.